The fourth-order valence-corrected chi connectivity index (χ4v) is 4.47. The minimum Gasteiger partial charge on any atom is -0.295 e. The summed E-state index contributed by atoms with van der Waals surface area (Å²) in [6, 6.07) is 18.3. The lowest BCUT2D eigenvalue weighted by atomic mass is 10.1. The van der Waals surface area contributed by atoms with Gasteiger partial charge in [0.1, 0.15) is 0 Å². The molecule has 5 rings (SSSR count). The van der Waals surface area contributed by atoms with Gasteiger partial charge in [-0.3, -0.25) is 19.1 Å². The van der Waals surface area contributed by atoms with Gasteiger partial charge in [-0.2, -0.15) is 0 Å². The molecule has 1 aliphatic heterocycles. The summed E-state index contributed by atoms with van der Waals surface area (Å²) in [6.07, 6.45) is 7.12. The first kappa shape index (κ1) is 18.3. The largest absolute Gasteiger partial charge is 0.295 e. The van der Waals surface area contributed by atoms with Crippen LogP contribution in [0.1, 0.15) is 26.3 Å². The minimum atomic E-state index is -0.286. The van der Waals surface area contributed by atoms with Crippen LogP contribution >= 0.6 is 11.8 Å². The number of aromatic nitrogens is 3. The highest BCUT2D eigenvalue weighted by molar-refractivity contribution is 7.98. The van der Waals surface area contributed by atoms with Crippen molar-refractivity contribution in [3.63, 3.8) is 0 Å². The molecule has 2 aromatic heterocycles. The van der Waals surface area contributed by atoms with Crippen molar-refractivity contribution >= 4 is 29.3 Å². The van der Waals surface area contributed by atoms with Gasteiger partial charge in [-0.25, -0.2) is 9.88 Å². The molecule has 6 nitrogen and oxygen atoms in total. The number of nitrogens with zero attached hydrogens (tertiary/aromatic N) is 4. The highest BCUT2D eigenvalue weighted by atomic mass is 32.2. The van der Waals surface area contributed by atoms with E-state index in [1.165, 1.54) is 4.90 Å². The number of hydrogen-bond acceptors (Lipinski definition) is 5. The average Bonchev–Trinajstić information content (AvgIpc) is 3.36. The molecule has 0 fully saturated rings. The minimum absolute atomic E-state index is 0.286. The molecule has 7 heteroatoms. The summed E-state index contributed by atoms with van der Waals surface area (Å²) >= 11 is 1.54. The predicted molar refractivity (Wildman–Crippen MR) is 115 cm³/mol. The third-order valence-corrected chi connectivity index (χ3v) is 5.95. The average molecular weight is 412 g/mol. The molecule has 0 saturated carbocycles. The molecule has 3 heterocycles. The maximum absolute atomic E-state index is 12.9. The lowest BCUT2D eigenvalue weighted by Gasteiger charge is -2.18. The summed E-state index contributed by atoms with van der Waals surface area (Å²) in [4.78, 5) is 35.6. The zero-order valence-electron chi connectivity index (χ0n) is 15.8. The van der Waals surface area contributed by atoms with Crippen LogP contribution in [0.25, 0.3) is 5.69 Å². The number of hydrogen-bond donors (Lipinski definition) is 0. The molecule has 0 unspecified atom stereocenters. The summed E-state index contributed by atoms with van der Waals surface area (Å²) in [5, 5.41) is 0.818. The van der Waals surface area contributed by atoms with E-state index in [-0.39, 0.29) is 11.8 Å². The van der Waals surface area contributed by atoms with Crippen molar-refractivity contribution in [1.29, 1.82) is 0 Å². The van der Waals surface area contributed by atoms with Crippen molar-refractivity contribution in [3.05, 3.63) is 102 Å². The number of thioether (sulfide) groups is 1. The summed E-state index contributed by atoms with van der Waals surface area (Å²) in [5.41, 5.74) is 3.36. The topological polar surface area (TPSA) is 68.1 Å². The molecular weight excluding hydrogens is 396 g/mol. The van der Waals surface area contributed by atoms with Crippen LogP contribution in [0.5, 0.6) is 0 Å². The normalized spacial score (nSPS) is 13.0. The Hall–Kier alpha value is -3.71. The number of carbonyl (C=O) groups excluding carboxylic acids is 2. The van der Waals surface area contributed by atoms with Gasteiger partial charge in [0.05, 0.1) is 22.5 Å². The number of pyridine rings is 1. The van der Waals surface area contributed by atoms with E-state index in [0.717, 1.165) is 16.4 Å². The van der Waals surface area contributed by atoms with E-state index >= 15 is 0 Å². The zero-order valence-corrected chi connectivity index (χ0v) is 16.6. The zero-order chi connectivity index (χ0) is 20.5. The van der Waals surface area contributed by atoms with Crippen molar-refractivity contribution in [1.82, 2.24) is 14.5 Å². The van der Waals surface area contributed by atoms with Crippen molar-refractivity contribution < 1.29 is 9.59 Å². The number of rotatable bonds is 5. The van der Waals surface area contributed by atoms with Crippen LogP contribution in [0.4, 0.5) is 5.69 Å². The quantitative estimate of drug-likeness (QED) is 0.360. The van der Waals surface area contributed by atoms with Crippen molar-refractivity contribution in [2.45, 2.75) is 10.9 Å². The van der Waals surface area contributed by atoms with Gasteiger partial charge in [0.2, 0.25) is 0 Å². The van der Waals surface area contributed by atoms with Crippen molar-refractivity contribution in [2.75, 3.05) is 4.90 Å². The molecule has 0 radical (unpaired) electrons. The van der Waals surface area contributed by atoms with E-state index in [1.54, 1.807) is 54.6 Å². The van der Waals surface area contributed by atoms with E-state index in [0.29, 0.717) is 22.6 Å². The third kappa shape index (κ3) is 3.09. The van der Waals surface area contributed by atoms with Crippen LogP contribution in [0.2, 0.25) is 0 Å². The molecule has 0 saturated heterocycles. The standard InChI is InChI=1S/C23H16N4O2S/c28-21-18-6-2-3-7-19(18)22(29)27(21)20-8-4-1-5-16(20)15-30-23-25-13-14-26(23)17-9-11-24-12-10-17/h1-14H,15H2. The van der Waals surface area contributed by atoms with Crippen LogP contribution in [0.3, 0.4) is 0 Å². The first-order valence-electron chi connectivity index (χ1n) is 9.36. The highest BCUT2D eigenvalue weighted by Gasteiger charge is 2.37. The number of para-hydroxylation sites is 1. The van der Waals surface area contributed by atoms with E-state index in [4.69, 9.17) is 0 Å². The van der Waals surface area contributed by atoms with Crippen LogP contribution in [-0.2, 0) is 5.75 Å². The van der Waals surface area contributed by atoms with E-state index < -0.39 is 0 Å². The maximum atomic E-state index is 12.9. The van der Waals surface area contributed by atoms with Crippen LogP contribution in [0, 0.1) is 0 Å². The lowest BCUT2D eigenvalue weighted by Crippen LogP contribution is -2.30. The second kappa shape index (κ2) is 7.61. The van der Waals surface area contributed by atoms with Gasteiger partial charge < -0.3 is 0 Å². The van der Waals surface area contributed by atoms with E-state index in [9.17, 15) is 9.59 Å². The molecule has 0 N–H and O–H groups in total. The number of carbonyl (C=O) groups is 2. The molecule has 4 aromatic rings. The Morgan fingerprint density at radius 1 is 0.800 bits per heavy atom. The molecule has 0 atom stereocenters. The van der Waals surface area contributed by atoms with Crippen LogP contribution < -0.4 is 4.90 Å². The predicted octanol–water partition coefficient (Wildman–Crippen LogP) is 4.36. The summed E-state index contributed by atoms with van der Waals surface area (Å²) in [7, 11) is 0. The summed E-state index contributed by atoms with van der Waals surface area (Å²) < 4.78 is 1.98. The van der Waals surface area contributed by atoms with Gasteiger partial charge in [-0.05, 0) is 35.9 Å². The molecule has 2 aromatic carbocycles. The van der Waals surface area contributed by atoms with Gasteiger partial charge in [-0.1, -0.05) is 42.1 Å². The second-order valence-corrected chi connectivity index (χ2v) is 7.64. The fourth-order valence-electron chi connectivity index (χ4n) is 3.50. The number of fused-ring (bicyclic) bond motifs is 1. The number of benzene rings is 2. The molecule has 1 aliphatic rings. The Morgan fingerprint density at radius 2 is 1.47 bits per heavy atom. The van der Waals surface area contributed by atoms with Crippen LogP contribution in [0.15, 0.2) is 90.6 Å². The first-order valence-corrected chi connectivity index (χ1v) is 10.3. The third-order valence-electron chi connectivity index (χ3n) is 4.93. The first-order chi connectivity index (χ1) is 14.7. The van der Waals surface area contributed by atoms with Crippen LogP contribution in [-0.4, -0.2) is 26.3 Å². The monoisotopic (exact) mass is 412 g/mol. The number of anilines is 1. The number of amides is 2. The van der Waals surface area contributed by atoms with Gasteiger partial charge in [0.25, 0.3) is 11.8 Å². The molecule has 0 spiro atoms. The Morgan fingerprint density at radius 3 is 2.20 bits per heavy atom. The molecular formula is C23H16N4O2S. The Labute approximate surface area is 177 Å². The lowest BCUT2D eigenvalue weighted by molar-refractivity contribution is 0.0926. The second-order valence-electron chi connectivity index (χ2n) is 6.69. The summed E-state index contributed by atoms with van der Waals surface area (Å²) in [5.74, 6) is -0.0104. The smallest absolute Gasteiger partial charge is 0.266 e. The van der Waals surface area contributed by atoms with Gasteiger partial charge in [0, 0.05) is 30.5 Å². The SMILES string of the molecule is O=C1c2ccccc2C(=O)N1c1ccccc1CSc1nccn1-c1ccncc1. The Kier molecular flexibility index (Phi) is 4.65. The Balaban J connectivity index is 1.44. The number of imide groups is 1. The van der Waals surface area contributed by atoms with Gasteiger partial charge >= 0.3 is 0 Å². The molecule has 0 bridgehead atoms. The van der Waals surface area contributed by atoms with Crippen molar-refractivity contribution in [2.24, 2.45) is 0 Å². The van der Waals surface area contributed by atoms with Gasteiger partial charge in [-0.15, -0.1) is 0 Å². The van der Waals surface area contributed by atoms with Crippen molar-refractivity contribution in [3.8, 4) is 5.69 Å². The van der Waals surface area contributed by atoms with Gasteiger partial charge in [0.15, 0.2) is 5.16 Å². The maximum Gasteiger partial charge on any atom is 0.266 e. The summed E-state index contributed by atoms with van der Waals surface area (Å²) in [6.45, 7) is 0. The van der Waals surface area contributed by atoms with E-state index in [1.807, 2.05) is 47.2 Å². The molecule has 146 valence electrons. The highest BCUT2D eigenvalue weighted by Crippen LogP contribution is 2.34. The molecule has 30 heavy (non-hydrogen) atoms. The molecule has 2 amide bonds. The number of imidazole rings is 1. The molecule has 0 aliphatic carbocycles. The van der Waals surface area contributed by atoms with E-state index in [2.05, 4.69) is 9.97 Å². The fraction of sp³-hybridized carbons (Fsp3) is 0.0435. The Bertz CT molecular complexity index is 1220.